The Bertz CT molecular complexity index is 556. The Morgan fingerprint density at radius 3 is 2.74 bits per heavy atom. The Morgan fingerprint density at radius 2 is 2.16 bits per heavy atom. The van der Waals surface area contributed by atoms with Gasteiger partial charge in [-0.05, 0) is 41.1 Å². The lowest BCUT2D eigenvalue weighted by Crippen LogP contribution is -2.52. The van der Waals surface area contributed by atoms with Crippen molar-refractivity contribution in [3.8, 4) is 0 Å². The van der Waals surface area contributed by atoms with Gasteiger partial charge in [0.2, 0.25) is 10.0 Å². The average molecular weight is 374 g/mol. The molecule has 2 rings (SSSR count). The summed E-state index contributed by atoms with van der Waals surface area (Å²) < 4.78 is 39.9. The highest BCUT2D eigenvalue weighted by Gasteiger charge is 2.31. The minimum absolute atomic E-state index is 0. The summed E-state index contributed by atoms with van der Waals surface area (Å²) in [6.45, 7) is 3.46. The number of hydrogen-bond donors (Lipinski definition) is 1. The van der Waals surface area contributed by atoms with Gasteiger partial charge in [-0.3, -0.25) is 0 Å². The molecule has 4 nitrogen and oxygen atoms in total. The summed E-state index contributed by atoms with van der Waals surface area (Å²) in [5, 5.41) is 3.12. The van der Waals surface area contributed by atoms with Gasteiger partial charge >= 0.3 is 0 Å². The normalized spacial score (nSPS) is 20.9. The molecule has 0 unspecified atom stereocenters. The summed E-state index contributed by atoms with van der Waals surface area (Å²) in [6, 6.07) is 3.75. The third-order valence-corrected chi connectivity index (χ3v) is 5.59. The van der Waals surface area contributed by atoms with E-state index in [4.69, 9.17) is 0 Å². The van der Waals surface area contributed by atoms with Crippen molar-refractivity contribution in [1.29, 1.82) is 0 Å². The molecule has 1 N–H and O–H groups in total. The van der Waals surface area contributed by atoms with Crippen molar-refractivity contribution >= 4 is 38.4 Å². The van der Waals surface area contributed by atoms with Crippen LogP contribution in [0.1, 0.15) is 6.92 Å². The van der Waals surface area contributed by atoms with Crippen LogP contribution in [0.15, 0.2) is 27.6 Å². The zero-order valence-electron chi connectivity index (χ0n) is 10.3. The minimum Gasteiger partial charge on any atom is -0.314 e. The first-order chi connectivity index (χ1) is 8.43. The van der Waals surface area contributed by atoms with Crippen LogP contribution in [-0.2, 0) is 10.0 Å². The highest BCUT2D eigenvalue weighted by molar-refractivity contribution is 9.10. The van der Waals surface area contributed by atoms with Gasteiger partial charge in [0.05, 0.1) is 9.37 Å². The Morgan fingerprint density at radius 1 is 1.47 bits per heavy atom. The average Bonchev–Trinajstić information content (AvgIpc) is 2.33. The largest absolute Gasteiger partial charge is 0.314 e. The maximum Gasteiger partial charge on any atom is 0.243 e. The molecule has 0 aliphatic carbocycles. The van der Waals surface area contributed by atoms with E-state index in [-0.39, 0.29) is 27.8 Å². The molecule has 1 heterocycles. The monoisotopic (exact) mass is 372 g/mol. The zero-order chi connectivity index (χ0) is 13.3. The fourth-order valence-electron chi connectivity index (χ4n) is 1.95. The van der Waals surface area contributed by atoms with Gasteiger partial charge in [0.1, 0.15) is 5.82 Å². The minimum atomic E-state index is -3.62. The molecular formula is C11H15BrClFN2O2S. The van der Waals surface area contributed by atoms with Crippen LogP contribution in [0.4, 0.5) is 4.39 Å². The van der Waals surface area contributed by atoms with Gasteiger partial charge in [-0.25, -0.2) is 12.8 Å². The molecule has 1 atom stereocenters. The lowest BCUT2D eigenvalue weighted by atomic mass is 10.3. The van der Waals surface area contributed by atoms with E-state index >= 15 is 0 Å². The topological polar surface area (TPSA) is 49.4 Å². The Kier molecular flexibility index (Phi) is 5.76. The predicted octanol–water partition coefficient (Wildman–Crippen LogP) is 1.99. The van der Waals surface area contributed by atoms with Crippen molar-refractivity contribution in [3.05, 3.63) is 28.5 Å². The summed E-state index contributed by atoms with van der Waals surface area (Å²) in [7, 11) is -3.62. The van der Waals surface area contributed by atoms with Crippen molar-refractivity contribution in [3.63, 3.8) is 0 Å². The molecule has 108 valence electrons. The van der Waals surface area contributed by atoms with Crippen LogP contribution in [0.5, 0.6) is 0 Å². The number of halogens is 3. The fraction of sp³-hybridized carbons (Fsp3) is 0.455. The molecule has 1 aliphatic heterocycles. The number of sulfonamides is 1. The summed E-state index contributed by atoms with van der Waals surface area (Å²) in [4.78, 5) is -0.00282. The Balaban J connectivity index is 0.00000180. The molecule has 0 saturated carbocycles. The highest BCUT2D eigenvalue weighted by Crippen LogP contribution is 2.23. The van der Waals surface area contributed by atoms with Gasteiger partial charge in [-0.2, -0.15) is 4.31 Å². The van der Waals surface area contributed by atoms with Crippen LogP contribution in [0, 0.1) is 5.82 Å². The molecule has 1 fully saturated rings. The Labute approximate surface area is 127 Å². The van der Waals surface area contributed by atoms with Crippen molar-refractivity contribution in [1.82, 2.24) is 9.62 Å². The summed E-state index contributed by atoms with van der Waals surface area (Å²) in [5.74, 6) is -0.570. The molecule has 19 heavy (non-hydrogen) atoms. The second kappa shape index (κ2) is 6.49. The first kappa shape index (κ1) is 16.8. The van der Waals surface area contributed by atoms with E-state index in [1.54, 1.807) is 0 Å². The van der Waals surface area contributed by atoms with E-state index < -0.39 is 15.8 Å². The number of piperazine rings is 1. The molecule has 1 aliphatic rings. The molecule has 0 aromatic heterocycles. The first-order valence-corrected chi connectivity index (χ1v) is 7.84. The number of rotatable bonds is 2. The van der Waals surface area contributed by atoms with E-state index in [0.29, 0.717) is 19.6 Å². The molecule has 0 spiro atoms. The fourth-order valence-corrected chi connectivity index (χ4v) is 3.84. The highest BCUT2D eigenvalue weighted by atomic mass is 79.9. The lowest BCUT2D eigenvalue weighted by molar-refractivity contribution is 0.283. The maximum absolute atomic E-state index is 13.4. The SMILES string of the molecule is C[C@H]1CNCCN1S(=O)(=O)c1ccc(Br)c(F)c1.Cl. The van der Waals surface area contributed by atoms with Crippen LogP contribution < -0.4 is 5.32 Å². The van der Waals surface area contributed by atoms with Crippen LogP contribution in [0.2, 0.25) is 0 Å². The smallest absolute Gasteiger partial charge is 0.243 e. The van der Waals surface area contributed by atoms with Crippen molar-refractivity contribution in [2.45, 2.75) is 17.9 Å². The predicted molar refractivity (Wildman–Crippen MR) is 77.6 cm³/mol. The number of nitrogens with one attached hydrogen (secondary N) is 1. The lowest BCUT2D eigenvalue weighted by Gasteiger charge is -2.32. The molecule has 1 saturated heterocycles. The number of hydrogen-bond acceptors (Lipinski definition) is 3. The summed E-state index contributed by atoms with van der Waals surface area (Å²) in [6.07, 6.45) is 0. The standard InChI is InChI=1S/C11H14BrFN2O2S.ClH/c1-8-7-14-4-5-15(8)18(16,17)9-2-3-10(12)11(13)6-9;/h2-3,6,8,14H,4-5,7H2,1H3;1H/t8-;/m0./s1. The quantitative estimate of drug-likeness (QED) is 0.862. The van der Waals surface area contributed by atoms with E-state index in [0.717, 1.165) is 6.07 Å². The van der Waals surface area contributed by atoms with Gasteiger partial charge in [-0.1, -0.05) is 0 Å². The van der Waals surface area contributed by atoms with Crippen molar-refractivity contribution < 1.29 is 12.8 Å². The molecular weight excluding hydrogens is 359 g/mol. The van der Waals surface area contributed by atoms with Gasteiger partial charge in [-0.15, -0.1) is 12.4 Å². The zero-order valence-corrected chi connectivity index (χ0v) is 13.5. The molecule has 8 heteroatoms. The summed E-state index contributed by atoms with van der Waals surface area (Å²) in [5.41, 5.74) is 0. The molecule has 1 aromatic carbocycles. The maximum atomic E-state index is 13.4. The van der Waals surface area contributed by atoms with Crippen LogP contribution in [0.25, 0.3) is 0 Å². The Hall–Kier alpha value is -0.210. The molecule has 0 amide bonds. The van der Waals surface area contributed by atoms with Gasteiger partial charge in [0, 0.05) is 25.7 Å². The third kappa shape index (κ3) is 3.46. The van der Waals surface area contributed by atoms with E-state index in [1.165, 1.54) is 16.4 Å². The first-order valence-electron chi connectivity index (χ1n) is 5.60. The van der Waals surface area contributed by atoms with Crippen molar-refractivity contribution in [2.24, 2.45) is 0 Å². The number of nitrogens with zero attached hydrogens (tertiary/aromatic N) is 1. The van der Waals surface area contributed by atoms with Gasteiger partial charge in [0.15, 0.2) is 0 Å². The van der Waals surface area contributed by atoms with E-state index in [9.17, 15) is 12.8 Å². The second-order valence-corrected chi connectivity index (χ2v) is 6.99. The number of benzene rings is 1. The van der Waals surface area contributed by atoms with Crippen molar-refractivity contribution in [2.75, 3.05) is 19.6 Å². The van der Waals surface area contributed by atoms with E-state index in [2.05, 4.69) is 21.2 Å². The van der Waals surface area contributed by atoms with Gasteiger partial charge < -0.3 is 5.32 Å². The molecule has 0 bridgehead atoms. The molecule has 0 radical (unpaired) electrons. The van der Waals surface area contributed by atoms with Crippen LogP contribution in [-0.4, -0.2) is 38.4 Å². The van der Waals surface area contributed by atoms with Gasteiger partial charge in [0.25, 0.3) is 0 Å². The van der Waals surface area contributed by atoms with Crippen LogP contribution >= 0.6 is 28.3 Å². The van der Waals surface area contributed by atoms with Crippen LogP contribution in [0.3, 0.4) is 0 Å². The molecule has 1 aromatic rings. The third-order valence-electron chi connectivity index (χ3n) is 2.94. The van der Waals surface area contributed by atoms with E-state index in [1.807, 2.05) is 6.92 Å². The summed E-state index contributed by atoms with van der Waals surface area (Å²) >= 11 is 3.01. The second-order valence-electron chi connectivity index (χ2n) is 4.24.